The highest BCUT2D eigenvalue weighted by atomic mass is 16.2. The highest BCUT2D eigenvalue weighted by Gasteiger charge is 2.53. The molecule has 1 heterocycles. The molecule has 1 saturated heterocycles. The number of rotatable bonds is 2. The molecule has 0 aromatic heterocycles. The first-order chi connectivity index (χ1) is 10.6. The standard InChI is InChI=1S/C17H19N3O2/c18-11-12-5-4-6-13(9-12)20-14(15(19)21)10-17(16(20)22)7-2-1-3-8-17/h4-6,9,14H,1-3,7-8,10H2,(H2,19,21). The average Bonchev–Trinajstić information content (AvgIpc) is 2.81. The minimum Gasteiger partial charge on any atom is -0.368 e. The van der Waals surface area contributed by atoms with Crippen LogP contribution >= 0.6 is 0 Å². The molecular weight excluding hydrogens is 278 g/mol. The van der Waals surface area contributed by atoms with E-state index in [9.17, 15) is 9.59 Å². The molecule has 0 bridgehead atoms. The highest BCUT2D eigenvalue weighted by molar-refractivity contribution is 6.06. The molecule has 1 aromatic rings. The van der Waals surface area contributed by atoms with Gasteiger partial charge in [0.1, 0.15) is 6.04 Å². The number of hydrogen-bond acceptors (Lipinski definition) is 3. The summed E-state index contributed by atoms with van der Waals surface area (Å²) in [4.78, 5) is 26.4. The van der Waals surface area contributed by atoms with Gasteiger partial charge in [-0.1, -0.05) is 25.3 Å². The Bertz CT molecular complexity index is 656. The molecule has 5 heteroatoms. The van der Waals surface area contributed by atoms with Crippen LogP contribution in [0.2, 0.25) is 0 Å². The molecule has 2 aliphatic rings. The lowest BCUT2D eigenvalue weighted by Gasteiger charge is -2.31. The van der Waals surface area contributed by atoms with Crippen LogP contribution in [0.15, 0.2) is 24.3 Å². The van der Waals surface area contributed by atoms with Gasteiger partial charge in [0.25, 0.3) is 0 Å². The van der Waals surface area contributed by atoms with E-state index in [2.05, 4.69) is 6.07 Å². The van der Waals surface area contributed by atoms with E-state index in [1.54, 1.807) is 24.3 Å². The van der Waals surface area contributed by atoms with Crippen LogP contribution in [0.5, 0.6) is 0 Å². The summed E-state index contributed by atoms with van der Waals surface area (Å²) in [6, 6.07) is 8.27. The topological polar surface area (TPSA) is 87.2 Å². The molecule has 114 valence electrons. The third kappa shape index (κ3) is 2.25. The van der Waals surface area contributed by atoms with E-state index < -0.39 is 17.4 Å². The minimum atomic E-state index is -0.612. The van der Waals surface area contributed by atoms with Crippen LogP contribution in [0.1, 0.15) is 44.1 Å². The van der Waals surface area contributed by atoms with Crippen molar-refractivity contribution in [1.29, 1.82) is 5.26 Å². The fraction of sp³-hybridized carbons (Fsp3) is 0.471. The molecule has 0 radical (unpaired) electrons. The first kappa shape index (κ1) is 14.6. The van der Waals surface area contributed by atoms with E-state index >= 15 is 0 Å². The second-order valence-corrected chi connectivity index (χ2v) is 6.30. The lowest BCUT2D eigenvalue weighted by Crippen LogP contribution is -2.43. The maximum absolute atomic E-state index is 13.0. The highest BCUT2D eigenvalue weighted by Crippen LogP contribution is 2.48. The molecule has 1 aliphatic carbocycles. The summed E-state index contributed by atoms with van der Waals surface area (Å²) >= 11 is 0. The Morgan fingerprint density at radius 2 is 2.05 bits per heavy atom. The van der Waals surface area contributed by atoms with Crippen molar-refractivity contribution in [2.75, 3.05) is 4.90 Å². The van der Waals surface area contributed by atoms with Gasteiger partial charge in [-0.2, -0.15) is 5.26 Å². The van der Waals surface area contributed by atoms with Gasteiger partial charge >= 0.3 is 0 Å². The average molecular weight is 297 g/mol. The summed E-state index contributed by atoms with van der Waals surface area (Å²) in [7, 11) is 0. The van der Waals surface area contributed by atoms with Gasteiger partial charge in [-0.15, -0.1) is 0 Å². The van der Waals surface area contributed by atoms with E-state index in [0.29, 0.717) is 17.7 Å². The molecule has 2 N–H and O–H groups in total. The van der Waals surface area contributed by atoms with Crippen molar-refractivity contribution in [2.45, 2.75) is 44.6 Å². The monoisotopic (exact) mass is 297 g/mol. The van der Waals surface area contributed by atoms with Gasteiger partial charge in [0.2, 0.25) is 11.8 Å². The molecule has 2 fully saturated rings. The molecule has 2 amide bonds. The zero-order valence-electron chi connectivity index (χ0n) is 12.4. The zero-order chi connectivity index (χ0) is 15.7. The summed E-state index contributed by atoms with van der Waals surface area (Å²) in [5, 5.41) is 9.04. The fourth-order valence-corrected chi connectivity index (χ4v) is 3.84. The van der Waals surface area contributed by atoms with Crippen molar-refractivity contribution < 1.29 is 9.59 Å². The van der Waals surface area contributed by atoms with Gasteiger partial charge < -0.3 is 5.73 Å². The van der Waals surface area contributed by atoms with Crippen molar-refractivity contribution in [3.63, 3.8) is 0 Å². The zero-order valence-corrected chi connectivity index (χ0v) is 12.4. The van der Waals surface area contributed by atoms with E-state index in [4.69, 9.17) is 11.0 Å². The van der Waals surface area contributed by atoms with Gasteiger partial charge in [-0.05, 0) is 37.5 Å². The molecule has 22 heavy (non-hydrogen) atoms. The molecule has 5 nitrogen and oxygen atoms in total. The fourth-order valence-electron chi connectivity index (χ4n) is 3.84. The van der Waals surface area contributed by atoms with Crippen molar-refractivity contribution >= 4 is 17.5 Å². The van der Waals surface area contributed by atoms with Gasteiger partial charge in [0.05, 0.1) is 17.0 Å². The number of hydrogen-bond donors (Lipinski definition) is 1. The number of carbonyl (C=O) groups excluding carboxylic acids is 2. The van der Waals surface area contributed by atoms with Crippen LogP contribution in [0.3, 0.4) is 0 Å². The molecule has 1 spiro atoms. The Labute approximate surface area is 129 Å². The number of benzene rings is 1. The lowest BCUT2D eigenvalue weighted by atomic mass is 9.72. The Morgan fingerprint density at radius 3 is 2.68 bits per heavy atom. The van der Waals surface area contributed by atoms with E-state index in [1.165, 1.54) is 4.90 Å². The van der Waals surface area contributed by atoms with Crippen LogP contribution in [-0.4, -0.2) is 17.9 Å². The van der Waals surface area contributed by atoms with Crippen LogP contribution in [0, 0.1) is 16.7 Å². The van der Waals surface area contributed by atoms with Crippen molar-refractivity contribution in [1.82, 2.24) is 0 Å². The first-order valence-corrected chi connectivity index (χ1v) is 7.70. The third-order valence-corrected chi connectivity index (χ3v) is 4.96. The quantitative estimate of drug-likeness (QED) is 0.906. The number of primary amides is 1. The molecular formula is C17H19N3O2. The lowest BCUT2D eigenvalue weighted by molar-refractivity contribution is -0.127. The largest absolute Gasteiger partial charge is 0.368 e. The molecule has 1 aliphatic heterocycles. The smallest absolute Gasteiger partial charge is 0.240 e. The van der Waals surface area contributed by atoms with Crippen LogP contribution < -0.4 is 10.6 Å². The minimum absolute atomic E-state index is 0.00825. The summed E-state index contributed by atoms with van der Waals surface area (Å²) in [5.41, 5.74) is 6.17. The number of nitriles is 1. The number of nitrogens with zero attached hydrogens (tertiary/aromatic N) is 2. The second-order valence-electron chi connectivity index (χ2n) is 6.30. The number of amides is 2. The number of anilines is 1. The number of carbonyl (C=O) groups is 2. The second kappa shape index (κ2) is 5.45. The van der Waals surface area contributed by atoms with Crippen molar-refractivity contribution in [3.8, 4) is 6.07 Å². The molecule has 1 unspecified atom stereocenters. The van der Waals surface area contributed by atoms with Crippen LogP contribution in [0.25, 0.3) is 0 Å². The first-order valence-electron chi connectivity index (χ1n) is 7.70. The predicted molar refractivity (Wildman–Crippen MR) is 81.8 cm³/mol. The van der Waals surface area contributed by atoms with Gasteiger partial charge in [-0.25, -0.2) is 0 Å². The third-order valence-electron chi connectivity index (χ3n) is 4.96. The maximum atomic E-state index is 13.0. The maximum Gasteiger partial charge on any atom is 0.240 e. The van der Waals surface area contributed by atoms with Crippen LogP contribution in [-0.2, 0) is 9.59 Å². The van der Waals surface area contributed by atoms with Gasteiger partial charge in [0.15, 0.2) is 0 Å². The summed E-state index contributed by atoms with van der Waals surface area (Å²) < 4.78 is 0. The van der Waals surface area contributed by atoms with Gasteiger partial charge in [-0.3, -0.25) is 14.5 Å². The van der Waals surface area contributed by atoms with E-state index in [0.717, 1.165) is 32.1 Å². The number of nitrogens with two attached hydrogens (primary N) is 1. The summed E-state index contributed by atoms with van der Waals surface area (Å²) in [6.07, 6.45) is 5.32. The molecule has 1 saturated carbocycles. The predicted octanol–water partition coefficient (Wildman–Crippen LogP) is 2.10. The molecule has 3 rings (SSSR count). The Kier molecular flexibility index (Phi) is 3.61. The van der Waals surface area contributed by atoms with Crippen molar-refractivity contribution in [2.24, 2.45) is 11.1 Å². The SMILES string of the molecule is N#Cc1cccc(N2C(=O)C3(CCCCC3)CC2C(N)=O)c1. The summed E-state index contributed by atoms with van der Waals surface area (Å²) in [6.45, 7) is 0. The van der Waals surface area contributed by atoms with Gasteiger partial charge in [0, 0.05) is 5.69 Å². The Morgan fingerprint density at radius 1 is 1.32 bits per heavy atom. The normalized spacial score (nSPS) is 23.5. The Hall–Kier alpha value is -2.35. The van der Waals surface area contributed by atoms with E-state index in [-0.39, 0.29) is 5.91 Å². The van der Waals surface area contributed by atoms with Crippen molar-refractivity contribution in [3.05, 3.63) is 29.8 Å². The Balaban J connectivity index is 2.01. The van der Waals surface area contributed by atoms with Crippen LogP contribution in [0.4, 0.5) is 5.69 Å². The van der Waals surface area contributed by atoms with E-state index in [1.807, 2.05) is 0 Å². The molecule has 1 aromatic carbocycles. The summed E-state index contributed by atoms with van der Waals surface area (Å²) in [5.74, 6) is -0.482. The molecule has 1 atom stereocenters.